The van der Waals surface area contributed by atoms with Crippen LogP contribution in [-0.4, -0.2) is 10.5 Å². The molecule has 8 heteroatoms. The van der Waals surface area contributed by atoms with Gasteiger partial charge in [0, 0.05) is 27.9 Å². The van der Waals surface area contributed by atoms with Gasteiger partial charge in [0.05, 0.1) is 16.6 Å². The van der Waals surface area contributed by atoms with Gasteiger partial charge in [-0.05, 0) is 77.4 Å². The SMILES string of the molecule is NC(=O)c1cccc2c1c1[c]cc(-c3ccc(Cl)cc3)cc1n2Cc1cc(F)cc(C(F)(F)F)c1. The van der Waals surface area contributed by atoms with Gasteiger partial charge in [-0.25, -0.2) is 4.39 Å². The largest absolute Gasteiger partial charge is 0.416 e. The molecule has 0 atom stereocenters. The minimum atomic E-state index is -4.69. The Labute approximate surface area is 202 Å². The van der Waals surface area contributed by atoms with Gasteiger partial charge in [-0.15, -0.1) is 0 Å². The van der Waals surface area contributed by atoms with Gasteiger partial charge in [0.25, 0.3) is 0 Å². The summed E-state index contributed by atoms with van der Waals surface area (Å²) in [4.78, 5) is 12.2. The number of aromatic nitrogens is 1. The average Bonchev–Trinajstić information content (AvgIpc) is 3.11. The lowest BCUT2D eigenvalue weighted by atomic mass is 10.0. The number of carbonyl (C=O) groups excluding carboxylic acids is 1. The van der Waals surface area contributed by atoms with Gasteiger partial charge in [0.15, 0.2) is 0 Å². The van der Waals surface area contributed by atoms with E-state index < -0.39 is 23.5 Å². The molecule has 0 saturated heterocycles. The molecule has 175 valence electrons. The fourth-order valence-electron chi connectivity index (χ4n) is 4.33. The van der Waals surface area contributed by atoms with E-state index in [1.165, 1.54) is 0 Å². The zero-order chi connectivity index (χ0) is 24.9. The normalized spacial score (nSPS) is 11.9. The highest BCUT2D eigenvalue weighted by molar-refractivity contribution is 6.30. The van der Waals surface area contributed by atoms with Crippen LogP contribution in [0.3, 0.4) is 0 Å². The summed E-state index contributed by atoms with van der Waals surface area (Å²) in [7, 11) is 0. The topological polar surface area (TPSA) is 48.0 Å². The molecule has 1 heterocycles. The molecule has 0 aliphatic rings. The first kappa shape index (κ1) is 22.9. The first-order valence-corrected chi connectivity index (χ1v) is 10.9. The summed E-state index contributed by atoms with van der Waals surface area (Å²) in [6.07, 6.45) is -4.69. The number of amides is 1. The minimum absolute atomic E-state index is 0.0685. The Balaban J connectivity index is 1.77. The summed E-state index contributed by atoms with van der Waals surface area (Å²) in [5.74, 6) is -1.63. The number of primary amides is 1. The zero-order valence-corrected chi connectivity index (χ0v) is 18.7. The Hall–Kier alpha value is -3.84. The van der Waals surface area contributed by atoms with Crippen LogP contribution in [0.4, 0.5) is 17.6 Å². The second-order valence-electron chi connectivity index (χ2n) is 8.15. The number of halogens is 5. The van der Waals surface area contributed by atoms with Crippen molar-refractivity contribution >= 4 is 39.3 Å². The number of nitrogens with zero attached hydrogens (tertiary/aromatic N) is 1. The van der Waals surface area contributed by atoms with Crippen molar-refractivity contribution in [2.45, 2.75) is 12.7 Å². The number of hydrogen-bond donors (Lipinski definition) is 1. The van der Waals surface area contributed by atoms with Crippen LogP contribution >= 0.6 is 11.6 Å². The Bertz CT molecular complexity index is 1600. The van der Waals surface area contributed by atoms with Crippen LogP contribution in [0.15, 0.2) is 72.8 Å². The molecule has 0 spiro atoms. The van der Waals surface area contributed by atoms with E-state index in [0.717, 1.165) is 23.3 Å². The predicted molar refractivity (Wildman–Crippen MR) is 128 cm³/mol. The number of hydrogen-bond acceptors (Lipinski definition) is 1. The molecule has 0 aliphatic carbocycles. The van der Waals surface area contributed by atoms with Gasteiger partial charge in [-0.2, -0.15) is 13.2 Å². The highest BCUT2D eigenvalue weighted by atomic mass is 35.5. The van der Waals surface area contributed by atoms with Gasteiger partial charge in [0.1, 0.15) is 5.82 Å². The van der Waals surface area contributed by atoms with Crippen molar-refractivity contribution in [1.29, 1.82) is 0 Å². The third kappa shape index (κ3) is 4.23. The van der Waals surface area contributed by atoms with E-state index in [-0.39, 0.29) is 17.7 Å². The van der Waals surface area contributed by atoms with Crippen molar-refractivity contribution in [2.75, 3.05) is 0 Å². The summed E-state index contributed by atoms with van der Waals surface area (Å²) < 4.78 is 55.8. The van der Waals surface area contributed by atoms with E-state index >= 15 is 0 Å². The molecule has 2 N–H and O–H groups in total. The summed E-state index contributed by atoms with van der Waals surface area (Å²) in [6, 6.07) is 21.4. The number of carbonyl (C=O) groups is 1. The van der Waals surface area contributed by atoms with E-state index in [1.807, 2.05) is 18.2 Å². The first-order valence-electron chi connectivity index (χ1n) is 10.5. The Morgan fingerprint density at radius 2 is 1.71 bits per heavy atom. The minimum Gasteiger partial charge on any atom is -0.366 e. The highest BCUT2D eigenvalue weighted by Gasteiger charge is 2.31. The third-order valence-corrected chi connectivity index (χ3v) is 6.12. The van der Waals surface area contributed by atoms with E-state index in [0.29, 0.717) is 32.9 Å². The van der Waals surface area contributed by atoms with Crippen molar-refractivity contribution in [3.05, 3.63) is 106 Å². The van der Waals surface area contributed by atoms with Crippen LogP contribution in [0.25, 0.3) is 32.9 Å². The molecule has 5 aromatic rings. The standard InChI is InChI=1S/C27H16ClF4N2O/c28-19-7-4-16(5-8-19)17-6-9-21-24(12-17)34(23-3-1-2-22(25(21)23)26(33)35)14-15-10-18(27(30,31)32)13-20(29)11-15/h1-8,10-13H,14H2,(H2,33,35). The molecule has 5 rings (SSSR count). The average molecular weight is 496 g/mol. The fourth-order valence-corrected chi connectivity index (χ4v) is 4.45. The predicted octanol–water partition coefficient (Wildman–Crippen LogP) is 7.22. The van der Waals surface area contributed by atoms with E-state index in [9.17, 15) is 22.4 Å². The van der Waals surface area contributed by atoms with Gasteiger partial charge in [-0.1, -0.05) is 29.8 Å². The third-order valence-electron chi connectivity index (χ3n) is 5.86. The number of alkyl halides is 3. The number of benzene rings is 4. The zero-order valence-electron chi connectivity index (χ0n) is 18.0. The Kier molecular flexibility index (Phi) is 5.52. The van der Waals surface area contributed by atoms with Crippen LogP contribution in [0, 0.1) is 11.9 Å². The fraction of sp³-hybridized carbons (Fsp3) is 0.0741. The molecule has 0 unspecified atom stereocenters. The number of rotatable bonds is 4. The molecule has 35 heavy (non-hydrogen) atoms. The van der Waals surface area contributed by atoms with Crippen molar-refractivity contribution in [2.24, 2.45) is 5.73 Å². The van der Waals surface area contributed by atoms with Gasteiger partial charge < -0.3 is 10.3 Å². The van der Waals surface area contributed by atoms with E-state index in [4.69, 9.17) is 17.3 Å². The number of fused-ring (bicyclic) bond motifs is 3. The molecule has 0 saturated carbocycles. The lowest BCUT2D eigenvalue weighted by Gasteiger charge is -2.12. The second-order valence-corrected chi connectivity index (χ2v) is 8.59. The van der Waals surface area contributed by atoms with Crippen molar-refractivity contribution < 1.29 is 22.4 Å². The lowest BCUT2D eigenvalue weighted by Crippen LogP contribution is -2.11. The van der Waals surface area contributed by atoms with Gasteiger partial charge in [-0.3, -0.25) is 4.79 Å². The highest BCUT2D eigenvalue weighted by Crippen LogP contribution is 2.36. The maximum atomic E-state index is 14.1. The second kappa shape index (κ2) is 8.43. The van der Waals surface area contributed by atoms with Crippen LogP contribution in [-0.2, 0) is 12.7 Å². The van der Waals surface area contributed by atoms with Crippen LogP contribution in [0.2, 0.25) is 5.02 Å². The Morgan fingerprint density at radius 1 is 0.971 bits per heavy atom. The van der Waals surface area contributed by atoms with Crippen molar-refractivity contribution in [1.82, 2.24) is 4.57 Å². The summed E-state index contributed by atoms with van der Waals surface area (Å²) in [5, 5.41) is 1.69. The summed E-state index contributed by atoms with van der Waals surface area (Å²) in [5.41, 5.74) is 7.74. The first-order chi connectivity index (χ1) is 16.6. The molecule has 1 radical (unpaired) electrons. The quantitative estimate of drug-likeness (QED) is 0.263. The van der Waals surface area contributed by atoms with Gasteiger partial charge >= 0.3 is 6.18 Å². The smallest absolute Gasteiger partial charge is 0.366 e. The van der Waals surface area contributed by atoms with Crippen molar-refractivity contribution in [3.8, 4) is 11.1 Å². The monoisotopic (exact) mass is 495 g/mol. The molecule has 1 amide bonds. The van der Waals surface area contributed by atoms with Crippen LogP contribution < -0.4 is 5.73 Å². The maximum absolute atomic E-state index is 14.1. The van der Waals surface area contributed by atoms with Crippen LogP contribution in [0.5, 0.6) is 0 Å². The molecule has 4 aromatic carbocycles. The molecule has 1 aromatic heterocycles. The molecular formula is C27H16ClF4N2O. The lowest BCUT2D eigenvalue weighted by molar-refractivity contribution is -0.137. The summed E-state index contributed by atoms with van der Waals surface area (Å²) in [6.45, 7) is -0.0685. The molecule has 0 bridgehead atoms. The van der Waals surface area contributed by atoms with Crippen LogP contribution in [0.1, 0.15) is 21.5 Å². The van der Waals surface area contributed by atoms with E-state index in [1.54, 1.807) is 41.0 Å². The molecular weight excluding hydrogens is 480 g/mol. The molecule has 3 nitrogen and oxygen atoms in total. The molecule has 0 aliphatic heterocycles. The maximum Gasteiger partial charge on any atom is 0.416 e. The van der Waals surface area contributed by atoms with Crippen molar-refractivity contribution in [3.63, 3.8) is 0 Å². The summed E-state index contributed by atoms with van der Waals surface area (Å²) >= 11 is 6.00. The molecule has 0 fully saturated rings. The number of nitrogens with two attached hydrogens (primary N) is 1. The van der Waals surface area contributed by atoms with Gasteiger partial charge in [0.2, 0.25) is 5.91 Å². The van der Waals surface area contributed by atoms with E-state index in [2.05, 4.69) is 6.07 Å². The Morgan fingerprint density at radius 3 is 2.40 bits per heavy atom.